The molecule has 2 fully saturated rings. The van der Waals surface area contributed by atoms with Crippen LogP contribution in [-0.2, 0) is 0 Å². The van der Waals surface area contributed by atoms with Crippen molar-refractivity contribution in [3.05, 3.63) is 28.2 Å². The number of methoxy groups -OCH3 is 1. The molecule has 18 heavy (non-hydrogen) atoms. The van der Waals surface area contributed by atoms with Gasteiger partial charge in [-0.25, -0.2) is 0 Å². The molecular weight excluding hydrogens is 290 g/mol. The van der Waals surface area contributed by atoms with Crippen LogP contribution in [0.4, 0.5) is 0 Å². The van der Waals surface area contributed by atoms with Crippen molar-refractivity contribution in [1.82, 2.24) is 0 Å². The van der Waals surface area contributed by atoms with E-state index in [0.717, 1.165) is 27.6 Å². The van der Waals surface area contributed by atoms with Crippen LogP contribution in [0.15, 0.2) is 22.7 Å². The largest absolute Gasteiger partial charge is 0.496 e. The van der Waals surface area contributed by atoms with Crippen molar-refractivity contribution < 1.29 is 4.74 Å². The maximum absolute atomic E-state index is 6.53. The average Bonchev–Trinajstić information content (AvgIpc) is 3.00. The van der Waals surface area contributed by atoms with Crippen molar-refractivity contribution in [2.24, 2.45) is 23.5 Å². The molecule has 0 amide bonds. The van der Waals surface area contributed by atoms with Crippen LogP contribution in [0.3, 0.4) is 0 Å². The molecule has 4 unspecified atom stereocenters. The molecule has 2 saturated carbocycles. The first kappa shape index (κ1) is 12.5. The van der Waals surface area contributed by atoms with Crippen molar-refractivity contribution in [2.75, 3.05) is 7.11 Å². The van der Waals surface area contributed by atoms with E-state index in [1.54, 1.807) is 7.11 Å². The van der Waals surface area contributed by atoms with Gasteiger partial charge in [0.25, 0.3) is 0 Å². The van der Waals surface area contributed by atoms with Crippen molar-refractivity contribution in [1.29, 1.82) is 0 Å². The Morgan fingerprint density at radius 2 is 2.17 bits per heavy atom. The molecule has 0 aliphatic heterocycles. The minimum atomic E-state index is 0.118. The first-order valence-electron chi connectivity index (χ1n) is 6.78. The lowest BCUT2D eigenvalue weighted by molar-refractivity contribution is 0.279. The van der Waals surface area contributed by atoms with E-state index < -0.39 is 0 Å². The molecule has 2 bridgehead atoms. The Morgan fingerprint density at radius 1 is 1.33 bits per heavy atom. The van der Waals surface area contributed by atoms with Crippen molar-refractivity contribution in [3.63, 3.8) is 0 Å². The molecule has 0 aromatic heterocycles. The van der Waals surface area contributed by atoms with Gasteiger partial charge in [0.2, 0.25) is 0 Å². The number of ether oxygens (including phenoxy) is 1. The summed E-state index contributed by atoms with van der Waals surface area (Å²) in [5, 5.41) is 0. The molecule has 2 nitrogen and oxygen atoms in total. The molecule has 98 valence electrons. The third-order valence-electron chi connectivity index (χ3n) is 4.80. The van der Waals surface area contributed by atoms with E-state index in [2.05, 4.69) is 22.0 Å². The zero-order chi connectivity index (χ0) is 12.7. The smallest absolute Gasteiger partial charge is 0.123 e. The van der Waals surface area contributed by atoms with E-state index in [1.165, 1.54) is 25.7 Å². The molecule has 3 heteroatoms. The molecule has 2 aliphatic rings. The van der Waals surface area contributed by atoms with Gasteiger partial charge in [0.1, 0.15) is 5.75 Å². The first-order valence-corrected chi connectivity index (χ1v) is 7.57. The van der Waals surface area contributed by atoms with Crippen molar-refractivity contribution >= 4 is 15.9 Å². The van der Waals surface area contributed by atoms with Gasteiger partial charge in [-0.3, -0.25) is 0 Å². The topological polar surface area (TPSA) is 35.2 Å². The molecule has 0 saturated heterocycles. The second kappa shape index (κ2) is 4.86. The molecule has 0 heterocycles. The van der Waals surface area contributed by atoms with Gasteiger partial charge in [0, 0.05) is 16.1 Å². The van der Waals surface area contributed by atoms with Crippen LogP contribution < -0.4 is 10.5 Å². The lowest BCUT2D eigenvalue weighted by atomic mass is 9.81. The molecule has 0 radical (unpaired) electrons. The maximum atomic E-state index is 6.53. The highest BCUT2D eigenvalue weighted by atomic mass is 79.9. The summed E-state index contributed by atoms with van der Waals surface area (Å²) in [6, 6.07) is 6.26. The van der Waals surface area contributed by atoms with E-state index >= 15 is 0 Å². The zero-order valence-electron chi connectivity index (χ0n) is 10.7. The van der Waals surface area contributed by atoms with Crippen LogP contribution >= 0.6 is 15.9 Å². The SMILES string of the molecule is COc1ccc(Br)cc1C(N)C1CC2CCC1C2. The molecular formula is C15H20BrNO. The highest BCUT2D eigenvalue weighted by Gasteiger charge is 2.42. The van der Waals surface area contributed by atoms with Crippen LogP contribution in [-0.4, -0.2) is 7.11 Å². The number of halogens is 1. The lowest BCUT2D eigenvalue weighted by Gasteiger charge is -2.29. The van der Waals surface area contributed by atoms with Gasteiger partial charge < -0.3 is 10.5 Å². The van der Waals surface area contributed by atoms with E-state index in [4.69, 9.17) is 10.5 Å². The average molecular weight is 310 g/mol. The number of hydrogen-bond acceptors (Lipinski definition) is 2. The van der Waals surface area contributed by atoms with Crippen LogP contribution in [0.2, 0.25) is 0 Å². The van der Waals surface area contributed by atoms with Crippen LogP contribution in [0.1, 0.15) is 37.3 Å². The zero-order valence-corrected chi connectivity index (χ0v) is 12.3. The fourth-order valence-electron chi connectivity index (χ4n) is 3.93. The molecule has 2 N–H and O–H groups in total. The molecule has 4 atom stereocenters. The number of hydrogen-bond donors (Lipinski definition) is 1. The summed E-state index contributed by atoms with van der Waals surface area (Å²) in [6.07, 6.45) is 5.50. The van der Waals surface area contributed by atoms with Gasteiger partial charge in [-0.2, -0.15) is 0 Å². The van der Waals surface area contributed by atoms with Crippen molar-refractivity contribution in [3.8, 4) is 5.75 Å². The predicted molar refractivity (Wildman–Crippen MR) is 76.6 cm³/mol. The monoisotopic (exact) mass is 309 g/mol. The Hall–Kier alpha value is -0.540. The minimum Gasteiger partial charge on any atom is -0.496 e. The van der Waals surface area contributed by atoms with Crippen LogP contribution in [0.5, 0.6) is 5.75 Å². The maximum Gasteiger partial charge on any atom is 0.123 e. The fourth-order valence-corrected chi connectivity index (χ4v) is 4.31. The Labute approximate surface area is 117 Å². The van der Waals surface area contributed by atoms with E-state index in [0.29, 0.717) is 5.92 Å². The second-order valence-electron chi connectivity index (χ2n) is 5.75. The first-order chi connectivity index (χ1) is 8.69. The lowest BCUT2D eigenvalue weighted by Crippen LogP contribution is -2.26. The summed E-state index contributed by atoms with van der Waals surface area (Å²) in [5.74, 6) is 3.35. The highest BCUT2D eigenvalue weighted by Crippen LogP contribution is 2.52. The molecule has 1 aromatic carbocycles. The normalized spacial score (nSPS) is 31.6. The summed E-state index contributed by atoms with van der Waals surface area (Å²) < 4.78 is 6.54. The van der Waals surface area contributed by atoms with Crippen molar-refractivity contribution in [2.45, 2.75) is 31.7 Å². The summed E-state index contributed by atoms with van der Waals surface area (Å²) >= 11 is 3.53. The van der Waals surface area contributed by atoms with Gasteiger partial charge >= 0.3 is 0 Å². The minimum absolute atomic E-state index is 0.118. The van der Waals surface area contributed by atoms with Gasteiger partial charge in [-0.15, -0.1) is 0 Å². The summed E-state index contributed by atoms with van der Waals surface area (Å²) in [4.78, 5) is 0. The Kier molecular flexibility index (Phi) is 3.37. The van der Waals surface area contributed by atoms with Gasteiger partial charge in [-0.05, 0) is 55.2 Å². The summed E-state index contributed by atoms with van der Waals surface area (Å²) in [5.41, 5.74) is 7.69. The van der Waals surface area contributed by atoms with Gasteiger partial charge in [0.15, 0.2) is 0 Å². The number of benzene rings is 1. The summed E-state index contributed by atoms with van der Waals surface area (Å²) in [6.45, 7) is 0. The van der Waals surface area contributed by atoms with E-state index in [-0.39, 0.29) is 6.04 Å². The third kappa shape index (κ3) is 2.08. The molecule has 0 spiro atoms. The van der Waals surface area contributed by atoms with Crippen LogP contribution in [0, 0.1) is 17.8 Å². The van der Waals surface area contributed by atoms with E-state index in [1.807, 2.05) is 12.1 Å². The second-order valence-corrected chi connectivity index (χ2v) is 6.67. The fraction of sp³-hybridized carbons (Fsp3) is 0.600. The molecule has 1 aromatic rings. The summed E-state index contributed by atoms with van der Waals surface area (Å²) in [7, 11) is 1.72. The molecule has 3 rings (SSSR count). The quantitative estimate of drug-likeness (QED) is 0.919. The van der Waals surface area contributed by atoms with Crippen LogP contribution in [0.25, 0.3) is 0 Å². The van der Waals surface area contributed by atoms with E-state index in [9.17, 15) is 0 Å². The molecule has 2 aliphatic carbocycles. The Morgan fingerprint density at radius 3 is 2.78 bits per heavy atom. The highest BCUT2D eigenvalue weighted by molar-refractivity contribution is 9.10. The van der Waals surface area contributed by atoms with Gasteiger partial charge in [0.05, 0.1) is 7.11 Å². The Balaban J connectivity index is 1.87. The van der Waals surface area contributed by atoms with Gasteiger partial charge in [-0.1, -0.05) is 22.4 Å². The third-order valence-corrected chi connectivity index (χ3v) is 5.30. The standard InChI is InChI=1S/C15H20BrNO/c1-18-14-5-4-11(16)8-13(14)15(17)12-7-9-2-3-10(12)6-9/h4-5,8-10,12,15H,2-3,6-7,17H2,1H3. The number of fused-ring (bicyclic) bond motifs is 2. The Bertz CT molecular complexity index is 448. The number of rotatable bonds is 3. The predicted octanol–water partition coefficient (Wildman–Crippen LogP) is 3.89. The number of nitrogens with two attached hydrogens (primary N) is 1.